The maximum absolute atomic E-state index is 6.01. The van der Waals surface area contributed by atoms with E-state index in [0.717, 1.165) is 32.4 Å². The van der Waals surface area contributed by atoms with E-state index in [2.05, 4.69) is 20.8 Å². The quantitative estimate of drug-likeness (QED) is 0.303. The van der Waals surface area contributed by atoms with E-state index < -0.39 is 0 Å². The van der Waals surface area contributed by atoms with E-state index >= 15 is 0 Å². The SMILES string of the molecule is CC1(C)CC(N)CC(C)(CN)C1.NCCCCCCCCCC(N)N. The fourth-order valence-corrected chi connectivity index (χ4v) is 4.28. The summed E-state index contributed by atoms with van der Waals surface area (Å²) in [6.07, 6.45) is 13.2. The molecule has 2 unspecified atom stereocenters. The fourth-order valence-electron chi connectivity index (χ4n) is 4.28. The minimum absolute atomic E-state index is 0.114. The molecule has 0 aromatic rings. The van der Waals surface area contributed by atoms with Crippen molar-refractivity contribution in [1.29, 1.82) is 0 Å². The first-order chi connectivity index (χ1) is 11.6. The first-order valence-electron chi connectivity index (χ1n) is 10.3. The van der Waals surface area contributed by atoms with Gasteiger partial charge in [-0.05, 0) is 56.0 Å². The van der Waals surface area contributed by atoms with Crippen LogP contribution in [0.2, 0.25) is 0 Å². The molecule has 0 spiro atoms. The zero-order valence-corrected chi connectivity index (χ0v) is 17.2. The molecule has 25 heavy (non-hydrogen) atoms. The average molecular weight is 358 g/mol. The lowest BCUT2D eigenvalue weighted by Crippen LogP contribution is -2.45. The van der Waals surface area contributed by atoms with Crippen LogP contribution in [0.15, 0.2) is 0 Å². The highest BCUT2D eigenvalue weighted by molar-refractivity contribution is 4.93. The van der Waals surface area contributed by atoms with Crippen LogP contribution in [0.5, 0.6) is 0 Å². The van der Waals surface area contributed by atoms with Crippen LogP contribution in [0.1, 0.15) is 91.4 Å². The second kappa shape index (κ2) is 13.0. The summed E-state index contributed by atoms with van der Waals surface area (Å²) in [7, 11) is 0. The first-order valence-corrected chi connectivity index (χ1v) is 10.3. The molecule has 5 heteroatoms. The normalized spacial score (nSPS) is 25.6. The summed E-state index contributed by atoms with van der Waals surface area (Å²) < 4.78 is 0. The maximum Gasteiger partial charge on any atom is 0.0520 e. The van der Waals surface area contributed by atoms with Gasteiger partial charge < -0.3 is 28.7 Å². The fraction of sp³-hybridized carbons (Fsp3) is 1.00. The van der Waals surface area contributed by atoms with Crippen LogP contribution in [-0.2, 0) is 0 Å². The van der Waals surface area contributed by atoms with Gasteiger partial charge in [-0.1, -0.05) is 59.3 Å². The molecule has 0 aromatic heterocycles. The largest absolute Gasteiger partial charge is 0.330 e. The highest BCUT2D eigenvalue weighted by Gasteiger charge is 2.38. The molecule has 0 amide bonds. The lowest BCUT2D eigenvalue weighted by molar-refractivity contribution is 0.0904. The van der Waals surface area contributed by atoms with Crippen LogP contribution in [0.25, 0.3) is 0 Å². The summed E-state index contributed by atoms with van der Waals surface area (Å²) in [5, 5.41) is 0. The van der Waals surface area contributed by atoms with E-state index in [1.165, 1.54) is 51.4 Å². The number of unbranched alkanes of at least 4 members (excludes halogenated alkanes) is 6. The van der Waals surface area contributed by atoms with E-state index in [0.29, 0.717) is 11.5 Å². The lowest BCUT2D eigenvalue weighted by atomic mass is 9.63. The number of nitrogens with two attached hydrogens (primary N) is 5. The topological polar surface area (TPSA) is 130 Å². The molecule has 0 aliphatic heterocycles. The summed E-state index contributed by atoms with van der Waals surface area (Å²) in [6, 6.07) is 0.349. The molecule has 0 saturated heterocycles. The van der Waals surface area contributed by atoms with Gasteiger partial charge in [0.15, 0.2) is 0 Å². The summed E-state index contributed by atoms with van der Waals surface area (Å²) in [6.45, 7) is 8.44. The van der Waals surface area contributed by atoms with Crippen LogP contribution in [-0.4, -0.2) is 25.3 Å². The van der Waals surface area contributed by atoms with Gasteiger partial charge in [0.25, 0.3) is 0 Å². The van der Waals surface area contributed by atoms with Crippen molar-refractivity contribution in [3.63, 3.8) is 0 Å². The van der Waals surface area contributed by atoms with Gasteiger partial charge in [-0.2, -0.15) is 0 Å². The molecule has 0 aromatic carbocycles. The van der Waals surface area contributed by atoms with Gasteiger partial charge in [0, 0.05) is 6.04 Å². The van der Waals surface area contributed by atoms with Crippen molar-refractivity contribution in [1.82, 2.24) is 0 Å². The summed E-state index contributed by atoms with van der Waals surface area (Å²) in [5.41, 5.74) is 28.7. The van der Waals surface area contributed by atoms with Gasteiger partial charge in [-0.25, -0.2) is 0 Å². The molecule has 1 saturated carbocycles. The zero-order valence-electron chi connectivity index (χ0n) is 17.2. The summed E-state index contributed by atoms with van der Waals surface area (Å²) in [4.78, 5) is 0. The lowest BCUT2D eigenvalue weighted by Gasteiger charge is -2.45. The Labute approximate surface area is 156 Å². The zero-order chi connectivity index (χ0) is 19.3. The van der Waals surface area contributed by atoms with Crippen molar-refractivity contribution in [2.45, 2.75) is 104 Å². The third-order valence-corrected chi connectivity index (χ3v) is 5.21. The Kier molecular flexibility index (Phi) is 12.9. The molecular weight excluding hydrogens is 310 g/mol. The van der Waals surface area contributed by atoms with Gasteiger partial charge in [0.05, 0.1) is 6.17 Å². The monoisotopic (exact) mass is 357 g/mol. The molecular formula is C20H47N5. The van der Waals surface area contributed by atoms with E-state index in [1.807, 2.05) is 0 Å². The molecule has 1 aliphatic rings. The predicted octanol–water partition coefficient (Wildman–Crippen LogP) is 2.80. The molecule has 5 nitrogen and oxygen atoms in total. The van der Waals surface area contributed by atoms with Crippen molar-refractivity contribution >= 4 is 0 Å². The average Bonchev–Trinajstić information content (AvgIpc) is 2.48. The molecule has 1 rings (SSSR count). The molecule has 1 aliphatic carbocycles. The van der Waals surface area contributed by atoms with Crippen LogP contribution >= 0.6 is 0 Å². The van der Waals surface area contributed by atoms with Crippen LogP contribution in [0.3, 0.4) is 0 Å². The number of hydrogen-bond acceptors (Lipinski definition) is 5. The Hall–Kier alpha value is -0.200. The molecule has 152 valence electrons. The summed E-state index contributed by atoms with van der Waals surface area (Å²) >= 11 is 0. The Morgan fingerprint density at radius 2 is 1.36 bits per heavy atom. The predicted molar refractivity (Wildman–Crippen MR) is 111 cm³/mol. The van der Waals surface area contributed by atoms with Gasteiger partial charge in [0.2, 0.25) is 0 Å². The van der Waals surface area contributed by atoms with E-state index in [-0.39, 0.29) is 11.6 Å². The van der Waals surface area contributed by atoms with Gasteiger partial charge >= 0.3 is 0 Å². The molecule has 0 radical (unpaired) electrons. The minimum Gasteiger partial charge on any atom is -0.330 e. The van der Waals surface area contributed by atoms with Crippen molar-refractivity contribution in [2.75, 3.05) is 13.1 Å². The van der Waals surface area contributed by atoms with E-state index in [1.54, 1.807) is 0 Å². The summed E-state index contributed by atoms with van der Waals surface area (Å²) in [5.74, 6) is 0. The van der Waals surface area contributed by atoms with Crippen molar-refractivity contribution in [3.8, 4) is 0 Å². The second-order valence-electron chi connectivity index (χ2n) is 9.24. The third-order valence-electron chi connectivity index (χ3n) is 5.21. The third kappa shape index (κ3) is 13.6. The van der Waals surface area contributed by atoms with Crippen molar-refractivity contribution in [2.24, 2.45) is 39.5 Å². The van der Waals surface area contributed by atoms with E-state index in [4.69, 9.17) is 28.7 Å². The van der Waals surface area contributed by atoms with Gasteiger partial charge in [-0.3, -0.25) is 0 Å². The highest BCUT2D eigenvalue weighted by atomic mass is 14.8. The van der Waals surface area contributed by atoms with Crippen LogP contribution in [0.4, 0.5) is 0 Å². The first kappa shape index (κ1) is 24.8. The smallest absolute Gasteiger partial charge is 0.0520 e. The highest BCUT2D eigenvalue weighted by Crippen LogP contribution is 2.44. The van der Waals surface area contributed by atoms with Gasteiger partial charge in [-0.15, -0.1) is 0 Å². The number of hydrogen-bond donors (Lipinski definition) is 5. The molecule has 1 fully saturated rings. The van der Waals surface area contributed by atoms with Crippen molar-refractivity contribution in [3.05, 3.63) is 0 Å². The van der Waals surface area contributed by atoms with Gasteiger partial charge in [0.1, 0.15) is 0 Å². The maximum atomic E-state index is 6.01. The molecule has 0 heterocycles. The van der Waals surface area contributed by atoms with E-state index in [9.17, 15) is 0 Å². The Balaban J connectivity index is 0.000000462. The van der Waals surface area contributed by atoms with Crippen molar-refractivity contribution < 1.29 is 0 Å². The number of rotatable bonds is 10. The Morgan fingerprint density at radius 1 is 0.840 bits per heavy atom. The Bertz CT molecular complexity index is 319. The Morgan fingerprint density at radius 3 is 1.80 bits per heavy atom. The molecule has 2 atom stereocenters. The molecule has 0 bridgehead atoms. The standard InChI is InChI=1S/C10H25N3.C10H22N2/c11-9-7-5-3-1-2-4-6-8-10(12)13;1-9(2)4-8(12)5-10(3,6-9)7-11/h10H,1-9,11-13H2;8H,4-7,11-12H2,1-3H3. The van der Waals surface area contributed by atoms with Crippen LogP contribution < -0.4 is 28.7 Å². The molecule has 10 N–H and O–H groups in total. The second-order valence-corrected chi connectivity index (χ2v) is 9.24. The minimum atomic E-state index is -0.114. The van der Waals surface area contributed by atoms with Crippen LogP contribution in [0, 0.1) is 10.8 Å².